The molecule has 1 amide bonds. The van der Waals surface area contributed by atoms with Gasteiger partial charge in [-0.25, -0.2) is 0 Å². The summed E-state index contributed by atoms with van der Waals surface area (Å²) in [6, 6.07) is 1.68. The zero-order valence-electron chi connectivity index (χ0n) is 8.06. The van der Waals surface area contributed by atoms with Gasteiger partial charge in [0.15, 0.2) is 0 Å². The van der Waals surface area contributed by atoms with Crippen LogP contribution in [0.4, 0.5) is 0 Å². The third kappa shape index (κ3) is 2.30. The highest BCUT2D eigenvalue weighted by Crippen LogP contribution is 2.33. The average Bonchev–Trinajstić information content (AvgIpc) is 2.58. The summed E-state index contributed by atoms with van der Waals surface area (Å²) < 4.78 is 0.633. The van der Waals surface area contributed by atoms with Gasteiger partial charge in [0, 0.05) is 11.3 Å². The van der Waals surface area contributed by atoms with E-state index in [2.05, 4.69) is 5.32 Å². The Labute approximate surface area is 103 Å². The molecule has 0 unspecified atom stereocenters. The van der Waals surface area contributed by atoms with Crippen LogP contribution in [0, 0.1) is 0 Å². The Balaban J connectivity index is 2.03. The first-order valence-corrected chi connectivity index (χ1v) is 6.57. The molecule has 0 spiro atoms. The number of hydrogen-bond donors (Lipinski definition) is 1. The molecular formula is C10H11Cl2NOS. The zero-order chi connectivity index (χ0) is 10.9. The number of hydrogen-bond acceptors (Lipinski definition) is 2. The molecule has 15 heavy (non-hydrogen) atoms. The summed E-state index contributed by atoms with van der Waals surface area (Å²) in [6.45, 7) is 0. The van der Waals surface area contributed by atoms with Gasteiger partial charge in [0.25, 0.3) is 5.91 Å². The SMILES string of the molecule is O=C(NC1(CCl)CCC1)c1csc(Cl)c1. The maximum atomic E-state index is 11.8. The number of rotatable bonds is 3. The second-order valence-corrected chi connectivity index (χ2v) is 5.67. The lowest BCUT2D eigenvalue weighted by Crippen LogP contribution is -2.54. The molecule has 0 radical (unpaired) electrons. The smallest absolute Gasteiger partial charge is 0.252 e. The molecule has 2 rings (SSSR count). The third-order valence-electron chi connectivity index (χ3n) is 2.77. The molecule has 1 aromatic heterocycles. The lowest BCUT2D eigenvalue weighted by atomic mass is 9.78. The third-order valence-corrected chi connectivity index (χ3v) is 4.38. The quantitative estimate of drug-likeness (QED) is 0.834. The van der Waals surface area contributed by atoms with Crippen molar-refractivity contribution in [1.82, 2.24) is 5.32 Å². The minimum atomic E-state index is -0.174. The van der Waals surface area contributed by atoms with Crippen LogP contribution in [-0.2, 0) is 0 Å². The monoisotopic (exact) mass is 263 g/mol. The molecule has 5 heteroatoms. The average molecular weight is 264 g/mol. The number of alkyl halides is 1. The van der Waals surface area contributed by atoms with E-state index in [1.54, 1.807) is 11.4 Å². The summed E-state index contributed by atoms with van der Waals surface area (Å²) in [5, 5.41) is 4.75. The van der Waals surface area contributed by atoms with Gasteiger partial charge in [0.2, 0.25) is 0 Å². The van der Waals surface area contributed by atoms with Crippen molar-refractivity contribution in [2.75, 3.05) is 5.88 Å². The molecule has 1 saturated carbocycles. The highest BCUT2D eigenvalue weighted by molar-refractivity contribution is 7.14. The predicted octanol–water partition coefficient (Wildman–Crippen LogP) is 3.29. The fourth-order valence-electron chi connectivity index (χ4n) is 1.64. The van der Waals surface area contributed by atoms with Crippen molar-refractivity contribution in [3.63, 3.8) is 0 Å². The minimum absolute atomic E-state index is 0.0708. The summed E-state index contributed by atoms with van der Waals surface area (Å²) in [5.41, 5.74) is 0.453. The van der Waals surface area contributed by atoms with Crippen LogP contribution < -0.4 is 5.32 Å². The highest BCUT2D eigenvalue weighted by Gasteiger charge is 2.37. The van der Waals surface area contributed by atoms with Crippen molar-refractivity contribution in [3.05, 3.63) is 21.3 Å². The van der Waals surface area contributed by atoms with Gasteiger partial charge in [-0.3, -0.25) is 4.79 Å². The second-order valence-electron chi connectivity index (χ2n) is 3.86. The van der Waals surface area contributed by atoms with E-state index in [1.165, 1.54) is 11.3 Å². The van der Waals surface area contributed by atoms with E-state index in [0.717, 1.165) is 19.3 Å². The molecule has 1 N–H and O–H groups in total. The van der Waals surface area contributed by atoms with Gasteiger partial charge < -0.3 is 5.32 Å². The topological polar surface area (TPSA) is 29.1 Å². The Morgan fingerprint density at radius 2 is 2.33 bits per heavy atom. The number of carbonyl (C=O) groups is 1. The van der Waals surface area contributed by atoms with Gasteiger partial charge in [-0.05, 0) is 25.3 Å². The first-order chi connectivity index (χ1) is 7.15. The Kier molecular flexibility index (Phi) is 3.24. The van der Waals surface area contributed by atoms with E-state index in [0.29, 0.717) is 15.8 Å². The van der Waals surface area contributed by atoms with E-state index < -0.39 is 0 Å². The summed E-state index contributed by atoms with van der Waals surface area (Å²) in [7, 11) is 0. The van der Waals surface area contributed by atoms with Gasteiger partial charge in [-0.15, -0.1) is 22.9 Å². The van der Waals surface area contributed by atoms with E-state index >= 15 is 0 Å². The lowest BCUT2D eigenvalue weighted by Gasteiger charge is -2.40. The molecule has 82 valence electrons. The molecule has 2 nitrogen and oxygen atoms in total. The van der Waals surface area contributed by atoms with Crippen LogP contribution in [0.5, 0.6) is 0 Å². The largest absolute Gasteiger partial charge is 0.345 e. The maximum Gasteiger partial charge on any atom is 0.252 e. The fraction of sp³-hybridized carbons (Fsp3) is 0.500. The van der Waals surface area contributed by atoms with Crippen LogP contribution in [0.15, 0.2) is 11.4 Å². The second kappa shape index (κ2) is 4.32. The van der Waals surface area contributed by atoms with Crippen molar-refractivity contribution in [2.45, 2.75) is 24.8 Å². The predicted molar refractivity (Wildman–Crippen MR) is 64.1 cm³/mol. The van der Waals surface area contributed by atoms with Gasteiger partial charge in [0.05, 0.1) is 15.4 Å². The van der Waals surface area contributed by atoms with Crippen LogP contribution in [-0.4, -0.2) is 17.3 Å². The van der Waals surface area contributed by atoms with Crippen LogP contribution >= 0.6 is 34.5 Å². The highest BCUT2D eigenvalue weighted by atomic mass is 35.5. The van der Waals surface area contributed by atoms with Crippen molar-refractivity contribution in [3.8, 4) is 0 Å². The van der Waals surface area contributed by atoms with Crippen molar-refractivity contribution < 1.29 is 4.79 Å². The van der Waals surface area contributed by atoms with Crippen molar-refractivity contribution in [2.24, 2.45) is 0 Å². The normalized spacial score (nSPS) is 18.3. The maximum absolute atomic E-state index is 11.8. The molecule has 1 aliphatic rings. The molecule has 0 atom stereocenters. The Hall–Kier alpha value is -0.250. The van der Waals surface area contributed by atoms with Gasteiger partial charge in [-0.2, -0.15) is 0 Å². The number of thiophene rings is 1. The number of halogens is 2. The molecule has 1 aromatic rings. The van der Waals surface area contributed by atoms with Crippen LogP contribution in [0.2, 0.25) is 4.34 Å². The molecule has 0 aromatic carbocycles. The molecule has 1 heterocycles. The molecular weight excluding hydrogens is 253 g/mol. The van der Waals surface area contributed by atoms with Crippen LogP contribution in [0.3, 0.4) is 0 Å². The number of carbonyl (C=O) groups excluding carboxylic acids is 1. The van der Waals surface area contributed by atoms with E-state index in [-0.39, 0.29) is 11.4 Å². The number of amides is 1. The van der Waals surface area contributed by atoms with Gasteiger partial charge >= 0.3 is 0 Å². The standard InChI is InChI=1S/C10H11Cl2NOS/c11-6-10(2-1-3-10)13-9(14)7-4-8(12)15-5-7/h4-5H,1-3,6H2,(H,13,14). The van der Waals surface area contributed by atoms with Crippen molar-refractivity contribution in [1.29, 1.82) is 0 Å². The van der Waals surface area contributed by atoms with Crippen LogP contribution in [0.1, 0.15) is 29.6 Å². The van der Waals surface area contributed by atoms with E-state index in [9.17, 15) is 4.79 Å². The summed E-state index contributed by atoms with van der Waals surface area (Å²) in [4.78, 5) is 11.8. The molecule has 1 fully saturated rings. The summed E-state index contributed by atoms with van der Waals surface area (Å²) in [5.74, 6) is 0.412. The first kappa shape index (κ1) is 11.2. The number of nitrogens with one attached hydrogen (secondary N) is 1. The first-order valence-electron chi connectivity index (χ1n) is 4.78. The van der Waals surface area contributed by atoms with Gasteiger partial charge in [0.1, 0.15) is 0 Å². The summed E-state index contributed by atoms with van der Waals surface area (Å²) >= 11 is 13.0. The molecule has 0 aliphatic heterocycles. The van der Waals surface area contributed by atoms with E-state index in [1.807, 2.05) is 0 Å². The van der Waals surface area contributed by atoms with Gasteiger partial charge in [-0.1, -0.05) is 11.6 Å². The minimum Gasteiger partial charge on any atom is -0.345 e. The molecule has 0 saturated heterocycles. The van der Waals surface area contributed by atoms with E-state index in [4.69, 9.17) is 23.2 Å². The van der Waals surface area contributed by atoms with Crippen LogP contribution in [0.25, 0.3) is 0 Å². The van der Waals surface area contributed by atoms with Crippen molar-refractivity contribution >= 4 is 40.4 Å². The molecule has 1 aliphatic carbocycles. The lowest BCUT2D eigenvalue weighted by molar-refractivity contribution is 0.0854. The zero-order valence-corrected chi connectivity index (χ0v) is 10.4. The fourth-order valence-corrected chi connectivity index (χ4v) is 2.83. The molecule has 0 bridgehead atoms. The Morgan fingerprint density at radius 1 is 1.60 bits per heavy atom. The Bertz CT molecular complexity index is 368. The Morgan fingerprint density at radius 3 is 2.73 bits per heavy atom. The summed E-state index contributed by atoms with van der Waals surface area (Å²) in [6.07, 6.45) is 3.08.